The van der Waals surface area contributed by atoms with E-state index in [2.05, 4.69) is 22.0 Å². The maximum absolute atomic E-state index is 14.3. The Bertz CT molecular complexity index is 598. The van der Waals surface area contributed by atoms with Crippen LogP contribution in [0.2, 0.25) is 0 Å². The molecule has 0 radical (unpaired) electrons. The molecule has 4 nitrogen and oxygen atoms in total. The molecule has 1 saturated heterocycles. The van der Waals surface area contributed by atoms with Gasteiger partial charge in [-0.05, 0) is 38.0 Å². The number of nitrogen functional groups attached to an aromatic ring is 1. The summed E-state index contributed by atoms with van der Waals surface area (Å²) in [5.41, 5.74) is 6.94. The minimum absolute atomic E-state index is 0.208. The number of rotatable bonds is 2. The summed E-state index contributed by atoms with van der Waals surface area (Å²) in [5, 5.41) is 8.73. The Morgan fingerprint density at radius 1 is 1.42 bits per heavy atom. The molecule has 0 aliphatic carbocycles. The lowest BCUT2D eigenvalue weighted by Gasteiger charge is -2.24. The fourth-order valence-electron chi connectivity index (χ4n) is 2.52. The van der Waals surface area contributed by atoms with Crippen LogP contribution in [-0.2, 0) is 0 Å². The number of nitrogens with zero attached hydrogens (tertiary/aromatic N) is 3. The highest BCUT2D eigenvalue weighted by Gasteiger charge is 2.23. The zero-order valence-electron chi connectivity index (χ0n) is 10.6. The molecule has 2 N–H and O–H groups in total. The van der Waals surface area contributed by atoms with Crippen LogP contribution >= 0.6 is 11.3 Å². The van der Waals surface area contributed by atoms with E-state index < -0.39 is 0 Å². The highest BCUT2D eigenvalue weighted by Crippen LogP contribution is 2.32. The summed E-state index contributed by atoms with van der Waals surface area (Å²) in [5.74, 6) is -0.208. The van der Waals surface area contributed by atoms with Gasteiger partial charge >= 0.3 is 0 Å². The second-order valence-electron chi connectivity index (χ2n) is 4.80. The molecule has 1 aromatic heterocycles. The molecule has 1 atom stereocenters. The monoisotopic (exact) mass is 278 g/mol. The fourth-order valence-corrected chi connectivity index (χ4v) is 3.12. The largest absolute Gasteiger partial charge is 0.374 e. The SMILES string of the molecule is C[C@H]1CCCN1c1ccc(-c2nnc(N)s2)cc1F. The minimum Gasteiger partial charge on any atom is -0.374 e. The van der Waals surface area contributed by atoms with Crippen LogP contribution in [0.1, 0.15) is 19.8 Å². The molecular weight excluding hydrogens is 263 g/mol. The van der Waals surface area contributed by atoms with Crippen molar-refractivity contribution in [2.45, 2.75) is 25.8 Å². The van der Waals surface area contributed by atoms with Crippen LogP contribution in [-0.4, -0.2) is 22.8 Å². The van der Waals surface area contributed by atoms with Crippen LogP contribution in [0.15, 0.2) is 18.2 Å². The Kier molecular flexibility index (Phi) is 3.10. The quantitative estimate of drug-likeness (QED) is 0.917. The number of hydrogen-bond acceptors (Lipinski definition) is 5. The van der Waals surface area contributed by atoms with Crippen molar-refractivity contribution >= 4 is 22.2 Å². The summed E-state index contributed by atoms with van der Waals surface area (Å²) in [6.07, 6.45) is 2.24. The van der Waals surface area contributed by atoms with E-state index in [1.54, 1.807) is 0 Å². The normalized spacial score (nSPS) is 19.1. The summed E-state index contributed by atoms with van der Waals surface area (Å²) < 4.78 is 14.3. The van der Waals surface area contributed by atoms with Gasteiger partial charge in [0.05, 0.1) is 5.69 Å². The molecule has 1 aliphatic heterocycles. The van der Waals surface area contributed by atoms with Crippen LogP contribution in [0, 0.1) is 5.82 Å². The standard InChI is InChI=1S/C13H15FN4S/c1-8-3-2-6-18(8)11-5-4-9(7-10(11)14)12-16-17-13(15)19-12/h4-5,7-8H,2-3,6H2,1H3,(H2,15,17)/t8-/m0/s1. The lowest BCUT2D eigenvalue weighted by Crippen LogP contribution is -2.27. The summed E-state index contributed by atoms with van der Waals surface area (Å²) in [7, 11) is 0. The average Bonchev–Trinajstić information content (AvgIpc) is 2.98. The number of aromatic nitrogens is 2. The first-order valence-electron chi connectivity index (χ1n) is 6.30. The van der Waals surface area contributed by atoms with E-state index in [0.717, 1.165) is 24.9 Å². The third kappa shape index (κ3) is 2.28. The number of hydrogen-bond donors (Lipinski definition) is 1. The van der Waals surface area contributed by atoms with E-state index in [4.69, 9.17) is 5.73 Å². The van der Waals surface area contributed by atoms with E-state index in [1.165, 1.54) is 17.4 Å². The van der Waals surface area contributed by atoms with Crippen LogP contribution in [0.5, 0.6) is 0 Å². The summed E-state index contributed by atoms with van der Waals surface area (Å²) in [4.78, 5) is 2.12. The van der Waals surface area contributed by atoms with Gasteiger partial charge in [-0.3, -0.25) is 0 Å². The predicted octanol–water partition coefficient (Wildman–Crippen LogP) is 2.92. The summed E-state index contributed by atoms with van der Waals surface area (Å²) >= 11 is 1.26. The first-order chi connectivity index (χ1) is 9.15. The zero-order valence-corrected chi connectivity index (χ0v) is 11.5. The smallest absolute Gasteiger partial charge is 0.203 e. The predicted molar refractivity (Wildman–Crippen MR) is 75.8 cm³/mol. The van der Waals surface area contributed by atoms with Gasteiger partial charge in [0, 0.05) is 18.2 Å². The molecule has 19 heavy (non-hydrogen) atoms. The molecule has 1 aromatic carbocycles. The van der Waals surface area contributed by atoms with E-state index in [9.17, 15) is 4.39 Å². The molecule has 1 aliphatic rings. The van der Waals surface area contributed by atoms with Gasteiger partial charge in [-0.2, -0.15) is 0 Å². The molecule has 0 amide bonds. The Morgan fingerprint density at radius 2 is 2.26 bits per heavy atom. The molecule has 100 valence electrons. The third-order valence-corrected chi connectivity index (χ3v) is 4.30. The third-order valence-electron chi connectivity index (χ3n) is 3.50. The van der Waals surface area contributed by atoms with Crippen molar-refractivity contribution in [3.63, 3.8) is 0 Å². The molecule has 3 rings (SSSR count). The van der Waals surface area contributed by atoms with Crippen LogP contribution in [0.25, 0.3) is 10.6 Å². The number of anilines is 2. The van der Waals surface area contributed by atoms with Crippen molar-refractivity contribution in [3.05, 3.63) is 24.0 Å². The first-order valence-corrected chi connectivity index (χ1v) is 7.12. The lowest BCUT2D eigenvalue weighted by atomic mass is 10.1. The van der Waals surface area contributed by atoms with Gasteiger partial charge in [0.25, 0.3) is 0 Å². The molecule has 0 unspecified atom stereocenters. The van der Waals surface area contributed by atoms with Crippen LogP contribution in [0.4, 0.5) is 15.2 Å². The lowest BCUT2D eigenvalue weighted by molar-refractivity contribution is 0.614. The fraction of sp³-hybridized carbons (Fsp3) is 0.385. The summed E-state index contributed by atoms with van der Waals surface area (Å²) in [6.45, 7) is 3.05. The molecule has 6 heteroatoms. The second-order valence-corrected chi connectivity index (χ2v) is 5.81. The van der Waals surface area contributed by atoms with Crippen LogP contribution in [0.3, 0.4) is 0 Å². The van der Waals surface area contributed by atoms with Gasteiger partial charge in [0.1, 0.15) is 10.8 Å². The highest BCUT2D eigenvalue weighted by molar-refractivity contribution is 7.18. The Morgan fingerprint density at radius 3 is 2.84 bits per heavy atom. The maximum Gasteiger partial charge on any atom is 0.203 e. The number of nitrogens with two attached hydrogens (primary N) is 1. The topological polar surface area (TPSA) is 55.0 Å². The van der Waals surface area contributed by atoms with E-state index in [0.29, 0.717) is 21.9 Å². The van der Waals surface area contributed by atoms with E-state index in [1.807, 2.05) is 12.1 Å². The Balaban J connectivity index is 1.93. The number of benzene rings is 1. The molecular formula is C13H15FN4S. The van der Waals surface area contributed by atoms with Crippen molar-refractivity contribution in [1.29, 1.82) is 0 Å². The van der Waals surface area contributed by atoms with Crippen molar-refractivity contribution in [2.75, 3.05) is 17.2 Å². The first kappa shape index (κ1) is 12.3. The number of halogens is 1. The van der Waals surface area contributed by atoms with Crippen molar-refractivity contribution in [1.82, 2.24) is 10.2 Å². The van der Waals surface area contributed by atoms with Crippen molar-refractivity contribution in [3.8, 4) is 10.6 Å². The van der Waals surface area contributed by atoms with Gasteiger partial charge < -0.3 is 10.6 Å². The van der Waals surface area contributed by atoms with Gasteiger partial charge in [0.2, 0.25) is 5.13 Å². The minimum atomic E-state index is -0.208. The zero-order chi connectivity index (χ0) is 13.4. The summed E-state index contributed by atoms with van der Waals surface area (Å²) in [6, 6.07) is 5.62. The Hall–Kier alpha value is -1.69. The van der Waals surface area contributed by atoms with E-state index >= 15 is 0 Å². The second kappa shape index (κ2) is 4.77. The van der Waals surface area contributed by atoms with Crippen molar-refractivity contribution in [2.24, 2.45) is 0 Å². The average molecular weight is 278 g/mol. The van der Waals surface area contributed by atoms with Crippen LogP contribution < -0.4 is 10.6 Å². The van der Waals surface area contributed by atoms with Gasteiger partial charge in [-0.1, -0.05) is 11.3 Å². The van der Waals surface area contributed by atoms with Gasteiger partial charge in [-0.15, -0.1) is 10.2 Å². The van der Waals surface area contributed by atoms with E-state index in [-0.39, 0.29) is 5.82 Å². The van der Waals surface area contributed by atoms with Crippen molar-refractivity contribution < 1.29 is 4.39 Å². The van der Waals surface area contributed by atoms with Gasteiger partial charge in [0.15, 0.2) is 0 Å². The highest BCUT2D eigenvalue weighted by atomic mass is 32.1. The molecule has 0 bridgehead atoms. The maximum atomic E-state index is 14.3. The Labute approximate surface area is 115 Å². The molecule has 0 spiro atoms. The molecule has 2 aromatic rings. The van der Waals surface area contributed by atoms with Gasteiger partial charge in [-0.25, -0.2) is 4.39 Å². The molecule has 1 fully saturated rings. The molecule has 0 saturated carbocycles. The molecule has 2 heterocycles.